The van der Waals surface area contributed by atoms with E-state index in [1.54, 1.807) is 6.20 Å². The summed E-state index contributed by atoms with van der Waals surface area (Å²) in [5.74, 6) is 1.96. The zero-order valence-electron chi connectivity index (χ0n) is 16.3. The van der Waals surface area contributed by atoms with Gasteiger partial charge in [-0.1, -0.05) is 42.5 Å². The van der Waals surface area contributed by atoms with Crippen molar-refractivity contribution in [3.05, 3.63) is 71.9 Å². The Kier molecular flexibility index (Phi) is 5.19. The Bertz CT molecular complexity index is 1260. The van der Waals surface area contributed by atoms with Crippen LogP contribution >= 0.6 is 0 Å². The van der Waals surface area contributed by atoms with Crippen molar-refractivity contribution in [2.24, 2.45) is 0 Å². The van der Waals surface area contributed by atoms with Gasteiger partial charge in [-0.2, -0.15) is 10.2 Å². The van der Waals surface area contributed by atoms with E-state index >= 15 is 0 Å². The predicted molar refractivity (Wildman–Crippen MR) is 119 cm³/mol. The van der Waals surface area contributed by atoms with Gasteiger partial charge in [0.2, 0.25) is 11.8 Å². The van der Waals surface area contributed by atoms with Crippen molar-refractivity contribution in [1.29, 1.82) is 0 Å². The molecular weight excluding hydrogens is 412 g/mol. The maximum absolute atomic E-state index is 12.1. The number of hydrogen-bond donors (Lipinski definition) is 3. The Balaban J connectivity index is 1.43. The summed E-state index contributed by atoms with van der Waals surface area (Å²) >= 11 is 0. The van der Waals surface area contributed by atoms with Crippen LogP contribution in [0.2, 0.25) is 0 Å². The molecule has 2 aromatic heterocycles. The fourth-order valence-corrected chi connectivity index (χ4v) is 4.30. The molecule has 4 aromatic rings. The monoisotopic (exact) mass is 430 g/mol. The first-order chi connectivity index (χ1) is 15.3. The minimum absolute atomic E-state index is 0.406. The second-order valence-electron chi connectivity index (χ2n) is 6.82. The maximum atomic E-state index is 12.1. The highest BCUT2D eigenvalue weighted by Gasteiger charge is 2.15. The molecule has 3 heterocycles. The van der Waals surface area contributed by atoms with Crippen LogP contribution in [0.5, 0.6) is 0 Å². The lowest BCUT2D eigenvalue weighted by Gasteiger charge is -2.14. The highest BCUT2D eigenvalue weighted by atomic mass is 32.2. The summed E-state index contributed by atoms with van der Waals surface area (Å²) in [5.41, 5.74) is 3.49. The second kappa shape index (κ2) is 8.44. The number of anilines is 3. The molecule has 3 N–H and O–H groups in total. The molecule has 0 aliphatic carbocycles. The minimum Gasteiger partial charge on any atom is -0.365 e. The Morgan fingerprint density at radius 1 is 1.13 bits per heavy atom. The molecule has 0 saturated carbocycles. The van der Waals surface area contributed by atoms with Gasteiger partial charge in [0, 0.05) is 29.1 Å². The van der Waals surface area contributed by atoms with Gasteiger partial charge in [-0.15, -0.1) is 10.2 Å². The fraction of sp³-hybridized carbons (Fsp3) is 0.0952. The Morgan fingerprint density at radius 3 is 2.87 bits per heavy atom. The molecule has 1 aliphatic rings. The number of hydrogen-bond acceptors (Lipinski definition) is 8. The van der Waals surface area contributed by atoms with Crippen LogP contribution in [0.4, 0.5) is 17.5 Å². The Morgan fingerprint density at radius 2 is 2.03 bits per heavy atom. The van der Waals surface area contributed by atoms with Gasteiger partial charge >= 0.3 is 0 Å². The lowest BCUT2D eigenvalue weighted by molar-refractivity contribution is 0.684. The van der Waals surface area contributed by atoms with E-state index < -0.39 is 10.8 Å². The fourth-order valence-electron chi connectivity index (χ4n) is 3.24. The van der Waals surface area contributed by atoms with Crippen molar-refractivity contribution < 1.29 is 4.21 Å². The molecule has 1 aliphatic heterocycles. The molecule has 0 saturated heterocycles. The Labute approximate surface area is 180 Å². The third-order valence-electron chi connectivity index (χ3n) is 4.73. The van der Waals surface area contributed by atoms with Crippen molar-refractivity contribution in [2.45, 2.75) is 11.4 Å². The van der Waals surface area contributed by atoms with Gasteiger partial charge in [-0.05, 0) is 34.5 Å². The summed E-state index contributed by atoms with van der Waals surface area (Å²) in [6.07, 6.45) is 5.56. The predicted octanol–water partition coefficient (Wildman–Crippen LogP) is 3.15. The number of tetrazole rings is 1. The summed E-state index contributed by atoms with van der Waals surface area (Å²) < 4.78 is 12.1. The van der Waals surface area contributed by atoms with Gasteiger partial charge in [0.1, 0.15) is 5.82 Å². The number of H-pyrrole nitrogens is 1. The van der Waals surface area contributed by atoms with E-state index in [1.165, 1.54) is 0 Å². The summed E-state index contributed by atoms with van der Waals surface area (Å²) in [6.45, 7) is 0.581. The van der Waals surface area contributed by atoms with Gasteiger partial charge in [-0.3, -0.25) is 4.21 Å². The molecule has 1 unspecified atom stereocenters. The van der Waals surface area contributed by atoms with E-state index in [1.807, 2.05) is 60.7 Å². The number of fused-ring (bicyclic) bond motifs is 1. The zero-order chi connectivity index (χ0) is 21.0. The quantitative estimate of drug-likeness (QED) is 0.427. The first-order valence-corrected chi connectivity index (χ1v) is 10.9. The third kappa shape index (κ3) is 4.19. The molecule has 0 fully saturated rings. The highest BCUT2D eigenvalue weighted by molar-refractivity contribution is 7.85. The lowest BCUT2D eigenvalue weighted by Crippen LogP contribution is -2.07. The number of aromatic amines is 1. The summed E-state index contributed by atoms with van der Waals surface area (Å²) in [7, 11) is -0.993. The maximum Gasteiger partial charge on any atom is 0.229 e. The van der Waals surface area contributed by atoms with Crippen LogP contribution < -0.4 is 10.6 Å². The number of aromatic nitrogens is 6. The van der Waals surface area contributed by atoms with Crippen LogP contribution in [0.3, 0.4) is 0 Å². The van der Waals surface area contributed by atoms with E-state index in [4.69, 9.17) is 0 Å². The van der Waals surface area contributed by atoms with E-state index in [9.17, 15) is 4.21 Å². The molecule has 0 bridgehead atoms. The smallest absolute Gasteiger partial charge is 0.229 e. The molecule has 5 rings (SSSR count). The van der Waals surface area contributed by atoms with Crippen molar-refractivity contribution in [2.75, 3.05) is 16.4 Å². The highest BCUT2D eigenvalue weighted by Crippen LogP contribution is 2.27. The summed E-state index contributed by atoms with van der Waals surface area (Å²) in [4.78, 5) is 9.88. The van der Waals surface area contributed by atoms with Crippen LogP contribution in [0.25, 0.3) is 17.5 Å². The molecule has 10 heteroatoms. The van der Waals surface area contributed by atoms with Crippen molar-refractivity contribution in [3.8, 4) is 11.4 Å². The van der Waals surface area contributed by atoms with E-state index in [-0.39, 0.29) is 0 Å². The molecular formula is C21H18N8OS. The van der Waals surface area contributed by atoms with Crippen molar-refractivity contribution in [1.82, 2.24) is 30.6 Å². The molecule has 2 aromatic carbocycles. The molecule has 0 radical (unpaired) electrons. The topological polar surface area (TPSA) is 121 Å². The largest absolute Gasteiger partial charge is 0.365 e. The number of rotatable bonds is 6. The Hall–Kier alpha value is -3.92. The van der Waals surface area contributed by atoms with Crippen LogP contribution in [0.15, 0.2) is 65.7 Å². The average molecular weight is 430 g/mol. The molecule has 0 spiro atoms. The third-order valence-corrected chi connectivity index (χ3v) is 6.09. The molecule has 154 valence electrons. The summed E-state index contributed by atoms with van der Waals surface area (Å²) in [5, 5.41) is 20.7. The molecule has 31 heavy (non-hydrogen) atoms. The first-order valence-electron chi connectivity index (χ1n) is 9.61. The second-order valence-corrected chi connectivity index (χ2v) is 8.29. The standard InChI is InChI=1S/C21H18N8OS/c30-31-10-4-7-15-11-16(8-9-18(15)31)24-21-23-13-17(20-26-28-29-27-20)19(25-21)22-12-14-5-2-1-3-6-14/h1-9,11,13H,10,12H2,(H2,22,23,24,25)(H,26,27,28,29). The van der Waals surface area contributed by atoms with Crippen LogP contribution in [0.1, 0.15) is 11.1 Å². The van der Waals surface area contributed by atoms with E-state index in [2.05, 4.69) is 41.2 Å². The average Bonchev–Trinajstić information content (AvgIpc) is 3.33. The van der Waals surface area contributed by atoms with Crippen molar-refractivity contribution in [3.63, 3.8) is 0 Å². The van der Waals surface area contributed by atoms with Gasteiger partial charge in [0.05, 0.1) is 16.4 Å². The SMILES string of the molecule is O=S1CC=Cc2cc(Nc3ncc(-c4nn[nH]n4)c(NCc4ccccc4)n3)ccc21. The van der Waals surface area contributed by atoms with E-state index in [0.29, 0.717) is 35.5 Å². The van der Waals surface area contributed by atoms with Gasteiger partial charge in [0.25, 0.3) is 0 Å². The van der Waals surface area contributed by atoms with Crippen LogP contribution in [0, 0.1) is 0 Å². The number of nitrogens with one attached hydrogen (secondary N) is 3. The normalized spacial score (nSPS) is 14.8. The van der Waals surface area contributed by atoms with Gasteiger partial charge in [0.15, 0.2) is 0 Å². The first kappa shape index (κ1) is 19.1. The number of nitrogens with zero attached hydrogens (tertiary/aromatic N) is 5. The van der Waals surface area contributed by atoms with E-state index in [0.717, 1.165) is 21.7 Å². The lowest BCUT2D eigenvalue weighted by atomic mass is 10.2. The molecule has 0 amide bonds. The van der Waals surface area contributed by atoms with Gasteiger partial charge < -0.3 is 10.6 Å². The summed E-state index contributed by atoms with van der Waals surface area (Å²) in [6, 6.07) is 15.7. The molecule has 9 nitrogen and oxygen atoms in total. The van der Waals surface area contributed by atoms with Crippen molar-refractivity contribution >= 4 is 34.3 Å². The minimum atomic E-state index is -0.993. The van der Waals surface area contributed by atoms with Crippen LogP contribution in [-0.2, 0) is 17.3 Å². The van der Waals surface area contributed by atoms with Gasteiger partial charge in [-0.25, -0.2) is 4.98 Å². The zero-order valence-corrected chi connectivity index (χ0v) is 17.1. The molecule has 1 atom stereocenters. The number of benzene rings is 2. The van der Waals surface area contributed by atoms with Crippen LogP contribution in [-0.4, -0.2) is 40.6 Å².